The van der Waals surface area contributed by atoms with Gasteiger partial charge in [0.25, 0.3) is 0 Å². The van der Waals surface area contributed by atoms with Crippen molar-refractivity contribution in [3.8, 4) is 5.75 Å². The van der Waals surface area contributed by atoms with Gasteiger partial charge in [-0.1, -0.05) is 35.9 Å². The number of methoxy groups -OCH3 is 1. The molecule has 176 valence electrons. The van der Waals surface area contributed by atoms with Crippen LogP contribution >= 0.6 is 0 Å². The van der Waals surface area contributed by atoms with E-state index in [1.165, 1.54) is 0 Å². The molecule has 0 heterocycles. The summed E-state index contributed by atoms with van der Waals surface area (Å²) in [6, 6.07) is 12.8. The van der Waals surface area contributed by atoms with Crippen molar-refractivity contribution in [2.75, 3.05) is 13.4 Å². The van der Waals surface area contributed by atoms with Gasteiger partial charge in [-0.15, -0.1) is 0 Å². The molecule has 0 amide bonds. The van der Waals surface area contributed by atoms with Crippen molar-refractivity contribution in [3.63, 3.8) is 0 Å². The van der Waals surface area contributed by atoms with Gasteiger partial charge in [-0.05, 0) is 76.6 Å². The fourth-order valence-electron chi connectivity index (χ4n) is 3.00. The Morgan fingerprint density at radius 3 is 2.36 bits per heavy atom. The average molecular weight is 468 g/mol. The maximum absolute atomic E-state index is 13.5. The second-order valence-electron chi connectivity index (χ2n) is 8.27. The van der Waals surface area contributed by atoms with E-state index >= 15 is 0 Å². The molecule has 1 atom stereocenters. The number of aryl methyl sites for hydroxylation is 1. The largest absolute Gasteiger partial charge is 0.494 e. The van der Waals surface area contributed by atoms with Crippen molar-refractivity contribution < 1.29 is 18.5 Å². The predicted molar refractivity (Wildman–Crippen MR) is 136 cm³/mol. The summed E-state index contributed by atoms with van der Waals surface area (Å²) in [4.78, 5) is 13.4. The molecule has 1 unspecified atom stereocenters. The first kappa shape index (κ1) is 26.1. The van der Waals surface area contributed by atoms with Crippen molar-refractivity contribution in [2.45, 2.75) is 45.6 Å². The molecule has 0 aliphatic rings. The highest BCUT2D eigenvalue weighted by atomic mass is 32.2. The summed E-state index contributed by atoms with van der Waals surface area (Å²) in [5, 5.41) is 0. The van der Waals surface area contributed by atoms with Crippen LogP contribution in [0.1, 0.15) is 38.8 Å². The van der Waals surface area contributed by atoms with E-state index in [1.807, 2.05) is 57.2 Å². The minimum atomic E-state index is -2.76. The van der Waals surface area contributed by atoms with Gasteiger partial charge in [0, 0.05) is 16.7 Å². The highest BCUT2D eigenvalue weighted by Crippen LogP contribution is 2.36. The fourth-order valence-corrected chi connectivity index (χ4v) is 4.32. The van der Waals surface area contributed by atoms with Crippen LogP contribution in [-0.4, -0.2) is 29.6 Å². The summed E-state index contributed by atoms with van der Waals surface area (Å²) in [6.45, 7) is 9.49. The van der Waals surface area contributed by atoms with Crippen LogP contribution in [0.25, 0.3) is 6.08 Å². The number of esters is 1. The van der Waals surface area contributed by atoms with E-state index in [1.54, 1.807) is 57.6 Å². The van der Waals surface area contributed by atoms with Gasteiger partial charge in [0.1, 0.15) is 11.4 Å². The molecule has 0 fully saturated rings. The number of allylic oxidation sites excluding steroid dienone is 3. The van der Waals surface area contributed by atoms with E-state index in [-0.39, 0.29) is 6.10 Å². The number of benzene rings is 2. The molecular formula is C27H33NO4S. The Bertz CT molecular complexity index is 1190. The molecule has 0 N–H and O–H groups in total. The number of hydrogen-bond donors (Lipinski definition) is 0. The number of hydrogen-bond acceptors (Lipinski definition) is 5. The van der Waals surface area contributed by atoms with Gasteiger partial charge in [-0.25, -0.2) is 9.00 Å². The molecule has 0 bridgehead atoms. The van der Waals surface area contributed by atoms with Gasteiger partial charge >= 0.3 is 5.97 Å². The summed E-state index contributed by atoms with van der Waals surface area (Å²) in [5.74, 6) is 0.0340. The standard InChI is InChI=1S/C27H33NO4S/c1-19(2)12-11-13-22(27(29)32-20(3)4)18-23-16-21(5)17-25(31-6)26(23)28-33(7,30)24-14-9-8-10-15-24/h8-18,20H,1-7H3/b13-11+,22-18+. The molecule has 2 aromatic rings. The molecule has 0 aliphatic heterocycles. The summed E-state index contributed by atoms with van der Waals surface area (Å²) in [6.07, 6.45) is 8.46. The Morgan fingerprint density at radius 1 is 1.12 bits per heavy atom. The fraction of sp³-hybridized carbons (Fsp3) is 0.296. The number of nitrogens with zero attached hydrogens (tertiary/aromatic N) is 1. The SMILES string of the molecule is COc1cc(C)cc(/C=C(\C=C\C=C(C)C)C(=O)OC(C)C)c1N=S(C)(=O)c1ccccc1. The van der Waals surface area contributed by atoms with Crippen LogP contribution in [0, 0.1) is 6.92 Å². The Hall–Kier alpha value is -3.12. The summed E-state index contributed by atoms with van der Waals surface area (Å²) in [7, 11) is -1.22. The lowest BCUT2D eigenvalue weighted by Crippen LogP contribution is -2.12. The molecule has 0 saturated carbocycles. The van der Waals surface area contributed by atoms with Gasteiger partial charge in [0.15, 0.2) is 0 Å². The molecule has 0 spiro atoms. The van der Waals surface area contributed by atoms with Crippen molar-refractivity contribution in [2.24, 2.45) is 4.36 Å². The monoisotopic (exact) mass is 467 g/mol. The van der Waals surface area contributed by atoms with Crippen molar-refractivity contribution in [3.05, 3.63) is 83.0 Å². The molecule has 0 aliphatic carbocycles. The zero-order valence-corrected chi connectivity index (χ0v) is 21.2. The van der Waals surface area contributed by atoms with Crippen LogP contribution in [0.15, 0.2) is 81.1 Å². The molecule has 33 heavy (non-hydrogen) atoms. The summed E-state index contributed by atoms with van der Waals surface area (Å²) >= 11 is 0. The first-order valence-corrected chi connectivity index (χ1v) is 12.7. The van der Waals surface area contributed by atoms with Crippen LogP contribution in [0.2, 0.25) is 0 Å². The third-order valence-electron chi connectivity index (χ3n) is 4.51. The third-order valence-corrected chi connectivity index (χ3v) is 6.19. The van der Waals surface area contributed by atoms with Crippen molar-refractivity contribution in [1.82, 2.24) is 0 Å². The number of ether oxygens (including phenoxy) is 2. The van der Waals surface area contributed by atoms with E-state index in [9.17, 15) is 9.00 Å². The Balaban J connectivity index is 2.76. The third kappa shape index (κ3) is 7.75. The molecule has 6 heteroatoms. The average Bonchev–Trinajstić information content (AvgIpc) is 2.74. The lowest BCUT2D eigenvalue weighted by atomic mass is 10.0. The Labute approximate surface area is 198 Å². The van der Waals surface area contributed by atoms with Crippen LogP contribution in [0.5, 0.6) is 5.75 Å². The molecule has 0 saturated heterocycles. The maximum atomic E-state index is 13.5. The van der Waals surface area contributed by atoms with Crippen LogP contribution < -0.4 is 4.74 Å². The van der Waals surface area contributed by atoms with Gasteiger partial charge < -0.3 is 9.47 Å². The molecule has 5 nitrogen and oxygen atoms in total. The first-order chi connectivity index (χ1) is 15.5. The van der Waals surface area contributed by atoms with E-state index in [0.717, 1.165) is 11.1 Å². The Kier molecular flexibility index (Phi) is 9.23. The summed E-state index contributed by atoms with van der Waals surface area (Å²) in [5.41, 5.74) is 3.42. The summed E-state index contributed by atoms with van der Waals surface area (Å²) < 4.78 is 29.2. The lowest BCUT2D eigenvalue weighted by molar-refractivity contribution is -0.142. The van der Waals surface area contributed by atoms with Crippen LogP contribution in [-0.2, 0) is 19.3 Å². The molecule has 0 aromatic heterocycles. The Morgan fingerprint density at radius 2 is 1.79 bits per heavy atom. The second-order valence-corrected chi connectivity index (χ2v) is 10.5. The smallest absolute Gasteiger partial charge is 0.338 e. The minimum absolute atomic E-state index is 0.263. The topological polar surface area (TPSA) is 65.0 Å². The van der Waals surface area contributed by atoms with Crippen molar-refractivity contribution >= 4 is 27.5 Å². The zero-order chi connectivity index (χ0) is 24.6. The van der Waals surface area contributed by atoms with Crippen LogP contribution in [0.4, 0.5) is 5.69 Å². The zero-order valence-electron chi connectivity index (χ0n) is 20.4. The highest BCUT2D eigenvalue weighted by molar-refractivity contribution is 7.93. The van der Waals surface area contributed by atoms with E-state index in [0.29, 0.717) is 27.5 Å². The first-order valence-electron chi connectivity index (χ1n) is 10.7. The molecular weight excluding hydrogens is 434 g/mol. The van der Waals surface area contributed by atoms with E-state index in [4.69, 9.17) is 9.47 Å². The second kappa shape index (κ2) is 11.7. The number of carbonyl (C=O) groups excluding carboxylic acids is 1. The maximum Gasteiger partial charge on any atom is 0.338 e. The van der Waals surface area contributed by atoms with Gasteiger partial charge in [-0.3, -0.25) is 0 Å². The quantitative estimate of drug-likeness (QED) is 0.248. The van der Waals surface area contributed by atoms with E-state index in [2.05, 4.69) is 4.36 Å². The van der Waals surface area contributed by atoms with Crippen molar-refractivity contribution in [1.29, 1.82) is 0 Å². The van der Waals surface area contributed by atoms with Crippen LogP contribution in [0.3, 0.4) is 0 Å². The molecule has 0 radical (unpaired) electrons. The van der Waals surface area contributed by atoms with Gasteiger partial charge in [0.2, 0.25) is 0 Å². The number of carbonyl (C=O) groups is 1. The lowest BCUT2D eigenvalue weighted by Gasteiger charge is -2.13. The van der Waals surface area contributed by atoms with Gasteiger partial charge in [-0.2, -0.15) is 4.36 Å². The van der Waals surface area contributed by atoms with Gasteiger partial charge in [0.05, 0.1) is 28.5 Å². The predicted octanol–water partition coefficient (Wildman–Crippen LogP) is 6.65. The highest BCUT2D eigenvalue weighted by Gasteiger charge is 2.16. The minimum Gasteiger partial charge on any atom is -0.494 e. The molecule has 2 rings (SSSR count). The normalized spacial score (nSPS) is 13.5. The van der Waals surface area contributed by atoms with E-state index < -0.39 is 15.7 Å². The number of rotatable bonds is 8. The molecule has 2 aromatic carbocycles.